The number of benzene rings is 3. The fourth-order valence-corrected chi connectivity index (χ4v) is 3.52. The molecule has 3 rings (SSSR count). The highest BCUT2D eigenvalue weighted by molar-refractivity contribution is 7.89. The Labute approximate surface area is 174 Å². The average Bonchev–Trinajstić information content (AvgIpc) is 2.66. The third kappa shape index (κ3) is 5.39. The first-order chi connectivity index (χ1) is 13.3. The predicted molar refractivity (Wildman–Crippen MR) is 112 cm³/mol. The first-order valence-corrected chi connectivity index (χ1v) is 10.6. The van der Waals surface area contributed by atoms with Crippen LogP contribution in [0.2, 0.25) is 10.0 Å². The van der Waals surface area contributed by atoms with Crippen molar-refractivity contribution in [3.8, 4) is 5.75 Å². The second kappa shape index (κ2) is 8.84. The number of halogens is 2. The van der Waals surface area contributed by atoms with E-state index in [4.69, 9.17) is 33.1 Å². The molecule has 146 valence electrons. The van der Waals surface area contributed by atoms with Gasteiger partial charge in [-0.05, 0) is 54.1 Å². The van der Waals surface area contributed by atoms with Crippen LogP contribution < -0.4 is 15.2 Å². The maximum atomic E-state index is 11.3. The molecule has 0 aliphatic rings. The number of primary sulfonamides is 1. The molecule has 0 saturated heterocycles. The smallest absolute Gasteiger partial charge is 0.238 e. The van der Waals surface area contributed by atoms with Crippen molar-refractivity contribution in [2.45, 2.75) is 18.0 Å². The molecule has 5 nitrogen and oxygen atoms in total. The van der Waals surface area contributed by atoms with E-state index in [0.717, 1.165) is 16.8 Å². The van der Waals surface area contributed by atoms with Crippen LogP contribution in [0.4, 0.5) is 5.69 Å². The number of nitrogens with two attached hydrogens (primary N) is 1. The number of nitrogens with one attached hydrogen (secondary N) is 1. The Kier molecular flexibility index (Phi) is 6.46. The van der Waals surface area contributed by atoms with Crippen LogP contribution in [0.5, 0.6) is 5.75 Å². The Morgan fingerprint density at radius 3 is 2.07 bits per heavy atom. The maximum Gasteiger partial charge on any atom is 0.238 e. The minimum Gasteiger partial charge on any atom is -0.489 e. The van der Waals surface area contributed by atoms with Gasteiger partial charge in [0, 0.05) is 27.8 Å². The lowest BCUT2D eigenvalue weighted by Crippen LogP contribution is -2.12. The fourth-order valence-electron chi connectivity index (χ4n) is 2.50. The zero-order valence-electron chi connectivity index (χ0n) is 14.7. The van der Waals surface area contributed by atoms with Gasteiger partial charge in [-0.1, -0.05) is 41.4 Å². The monoisotopic (exact) mass is 436 g/mol. The minimum atomic E-state index is -3.68. The summed E-state index contributed by atoms with van der Waals surface area (Å²) in [6.07, 6.45) is 0. The summed E-state index contributed by atoms with van der Waals surface area (Å²) in [5.74, 6) is 0.706. The lowest BCUT2D eigenvalue weighted by atomic mass is 10.2. The molecule has 0 atom stereocenters. The first-order valence-electron chi connectivity index (χ1n) is 8.34. The quantitative estimate of drug-likeness (QED) is 0.555. The molecule has 0 aliphatic heterocycles. The van der Waals surface area contributed by atoms with E-state index in [2.05, 4.69) is 5.32 Å². The molecule has 0 spiro atoms. The summed E-state index contributed by atoms with van der Waals surface area (Å²) in [4.78, 5) is 0.0816. The Morgan fingerprint density at radius 1 is 0.893 bits per heavy atom. The first kappa shape index (κ1) is 20.5. The van der Waals surface area contributed by atoms with E-state index in [1.54, 1.807) is 30.3 Å². The molecule has 0 saturated carbocycles. The van der Waals surface area contributed by atoms with Gasteiger partial charge in [0.05, 0.1) is 4.90 Å². The van der Waals surface area contributed by atoms with Crippen LogP contribution in [0.3, 0.4) is 0 Å². The zero-order chi connectivity index (χ0) is 20.1. The zero-order valence-corrected chi connectivity index (χ0v) is 17.1. The van der Waals surface area contributed by atoms with Crippen molar-refractivity contribution in [3.63, 3.8) is 0 Å². The normalized spacial score (nSPS) is 11.2. The summed E-state index contributed by atoms with van der Waals surface area (Å²) >= 11 is 12.3. The third-order valence-corrected chi connectivity index (χ3v) is 5.69. The molecular formula is C20H18Cl2N2O3S. The maximum absolute atomic E-state index is 11.3. The van der Waals surface area contributed by atoms with Crippen molar-refractivity contribution >= 4 is 38.9 Å². The van der Waals surface area contributed by atoms with E-state index < -0.39 is 10.0 Å². The van der Waals surface area contributed by atoms with Crippen LogP contribution in [-0.2, 0) is 23.2 Å². The highest BCUT2D eigenvalue weighted by atomic mass is 35.5. The summed E-state index contributed by atoms with van der Waals surface area (Å²) in [6.45, 7) is 0.859. The Morgan fingerprint density at radius 2 is 1.50 bits per heavy atom. The number of sulfonamides is 1. The van der Waals surface area contributed by atoms with Gasteiger partial charge in [0.1, 0.15) is 12.4 Å². The summed E-state index contributed by atoms with van der Waals surface area (Å²) in [5, 5.41) is 9.45. The largest absolute Gasteiger partial charge is 0.489 e. The molecule has 0 bridgehead atoms. The highest BCUT2D eigenvalue weighted by Gasteiger charge is 2.07. The van der Waals surface area contributed by atoms with Crippen molar-refractivity contribution < 1.29 is 13.2 Å². The van der Waals surface area contributed by atoms with E-state index in [-0.39, 0.29) is 11.5 Å². The van der Waals surface area contributed by atoms with Gasteiger partial charge < -0.3 is 10.1 Å². The van der Waals surface area contributed by atoms with E-state index in [0.29, 0.717) is 22.3 Å². The van der Waals surface area contributed by atoms with E-state index >= 15 is 0 Å². The minimum absolute atomic E-state index is 0.0816. The molecular weight excluding hydrogens is 419 g/mol. The van der Waals surface area contributed by atoms with Crippen LogP contribution in [0.1, 0.15) is 11.1 Å². The summed E-state index contributed by atoms with van der Waals surface area (Å²) in [7, 11) is -3.68. The predicted octanol–water partition coefficient (Wildman–Crippen LogP) is 4.83. The molecule has 0 aromatic heterocycles. The van der Waals surface area contributed by atoms with E-state index in [9.17, 15) is 8.42 Å². The standard InChI is InChI=1S/C20H18Cl2N2O3S/c21-19-2-1-3-20(22)18(19)13-27-16-8-4-14(5-9-16)12-24-15-6-10-17(11-7-15)28(23,25)26/h1-11,24H,12-13H2,(H2,23,25,26). The molecule has 0 aliphatic carbocycles. The molecule has 3 aromatic carbocycles. The molecule has 0 fully saturated rings. The van der Waals surface area contributed by atoms with Crippen LogP contribution in [-0.4, -0.2) is 8.42 Å². The van der Waals surface area contributed by atoms with Crippen molar-refractivity contribution in [3.05, 3.63) is 87.9 Å². The van der Waals surface area contributed by atoms with Crippen LogP contribution in [0.25, 0.3) is 0 Å². The Balaban J connectivity index is 1.56. The molecule has 0 radical (unpaired) electrons. The van der Waals surface area contributed by atoms with Crippen molar-refractivity contribution in [1.29, 1.82) is 0 Å². The SMILES string of the molecule is NS(=O)(=O)c1ccc(NCc2ccc(OCc3c(Cl)cccc3Cl)cc2)cc1. The van der Waals surface area contributed by atoms with Gasteiger partial charge in [0.15, 0.2) is 0 Å². The molecule has 3 N–H and O–H groups in total. The topological polar surface area (TPSA) is 81.4 Å². The molecule has 3 aromatic rings. The van der Waals surface area contributed by atoms with Gasteiger partial charge in [0.2, 0.25) is 10.0 Å². The second-order valence-electron chi connectivity index (χ2n) is 6.06. The second-order valence-corrected chi connectivity index (χ2v) is 8.43. The van der Waals surface area contributed by atoms with Crippen LogP contribution >= 0.6 is 23.2 Å². The van der Waals surface area contributed by atoms with Gasteiger partial charge in [-0.2, -0.15) is 0 Å². The molecule has 0 amide bonds. The van der Waals surface area contributed by atoms with Gasteiger partial charge in [-0.3, -0.25) is 0 Å². The number of ether oxygens (including phenoxy) is 1. The summed E-state index contributed by atoms with van der Waals surface area (Å²) in [5.41, 5.74) is 2.58. The van der Waals surface area contributed by atoms with Crippen molar-refractivity contribution in [2.75, 3.05) is 5.32 Å². The lowest BCUT2D eigenvalue weighted by molar-refractivity contribution is 0.306. The van der Waals surface area contributed by atoms with Gasteiger partial charge in [-0.25, -0.2) is 13.6 Å². The number of rotatable bonds is 7. The number of hydrogen-bond donors (Lipinski definition) is 2. The average molecular weight is 437 g/mol. The molecule has 28 heavy (non-hydrogen) atoms. The molecule has 0 unspecified atom stereocenters. The van der Waals surface area contributed by atoms with Crippen molar-refractivity contribution in [2.24, 2.45) is 5.14 Å². The lowest BCUT2D eigenvalue weighted by Gasteiger charge is -2.11. The number of anilines is 1. The van der Waals surface area contributed by atoms with Gasteiger partial charge in [0.25, 0.3) is 0 Å². The summed E-state index contributed by atoms with van der Waals surface area (Å²) in [6, 6.07) is 19.2. The van der Waals surface area contributed by atoms with Gasteiger partial charge in [-0.15, -0.1) is 0 Å². The molecule has 8 heteroatoms. The van der Waals surface area contributed by atoms with Crippen molar-refractivity contribution in [1.82, 2.24) is 0 Å². The molecule has 0 heterocycles. The Hall–Kier alpha value is -2.25. The highest BCUT2D eigenvalue weighted by Crippen LogP contribution is 2.26. The Bertz CT molecular complexity index is 1030. The van der Waals surface area contributed by atoms with Gasteiger partial charge >= 0.3 is 0 Å². The van der Waals surface area contributed by atoms with E-state index in [1.807, 2.05) is 24.3 Å². The third-order valence-electron chi connectivity index (χ3n) is 4.05. The number of hydrogen-bond acceptors (Lipinski definition) is 4. The van der Waals surface area contributed by atoms with Crippen LogP contribution in [0, 0.1) is 0 Å². The van der Waals surface area contributed by atoms with E-state index in [1.165, 1.54) is 12.1 Å². The fraction of sp³-hybridized carbons (Fsp3) is 0.100. The summed E-state index contributed by atoms with van der Waals surface area (Å²) < 4.78 is 28.3. The van der Waals surface area contributed by atoms with Crippen LogP contribution in [0.15, 0.2) is 71.6 Å².